The Balaban J connectivity index is 1.20. The van der Waals surface area contributed by atoms with Crippen LogP contribution in [-0.2, 0) is 33.1 Å². The second-order valence-corrected chi connectivity index (χ2v) is 16.2. The zero-order valence-electron chi connectivity index (χ0n) is 26.3. The van der Waals surface area contributed by atoms with Gasteiger partial charge in [0.15, 0.2) is 0 Å². The number of anilines is 2. The first-order valence-corrected chi connectivity index (χ1v) is 19.4. The molecule has 48 heavy (non-hydrogen) atoms. The van der Waals surface area contributed by atoms with E-state index < -0.39 is 20.0 Å². The lowest BCUT2D eigenvalue weighted by molar-refractivity contribution is 0.0535. The first-order chi connectivity index (χ1) is 22.7. The molecule has 10 nitrogen and oxygen atoms in total. The quantitative estimate of drug-likeness (QED) is 0.212. The predicted octanol–water partition coefficient (Wildman–Crippen LogP) is 5.52. The molecular weight excluding hydrogens is 695 g/mol. The number of hydrogen-bond acceptors (Lipinski definition) is 6. The van der Waals surface area contributed by atoms with E-state index >= 15 is 0 Å². The van der Waals surface area contributed by atoms with Gasteiger partial charge >= 0.3 is 0 Å². The highest BCUT2D eigenvalue weighted by Crippen LogP contribution is 2.25. The Hall–Kier alpha value is -4.10. The maximum absolute atomic E-state index is 13.3. The molecule has 0 bridgehead atoms. The van der Waals surface area contributed by atoms with Crippen LogP contribution in [-0.4, -0.2) is 77.1 Å². The largest absolute Gasteiger partial charge is 0.335 e. The number of nitrogens with zero attached hydrogens (tertiary/aromatic N) is 4. The summed E-state index contributed by atoms with van der Waals surface area (Å²) in [6, 6.07) is 26.6. The van der Waals surface area contributed by atoms with Crippen LogP contribution in [0.5, 0.6) is 0 Å². The predicted molar refractivity (Wildman–Crippen MR) is 190 cm³/mol. The van der Waals surface area contributed by atoms with Gasteiger partial charge in [-0.05, 0) is 83.9 Å². The standard InChI is InChI=1S/C34H34Cl2N4O6S2/c1-47(43,44)39(23-25-3-11-29(35)12-4-25)31-15-7-27(8-16-31)33(41)37-19-21-38(22-20-37)34(42)28-9-17-32(18-10-28)40(48(2,45)46)24-26-5-13-30(36)14-6-26/h3-18H,19-24H2,1-2H3. The summed E-state index contributed by atoms with van der Waals surface area (Å²) in [6.45, 7) is 1.50. The molecule has 1 aliphatic rings. The highest BCUT2D eigenvalue weighted by atomic mass is 35.5. The molecule has 1 heterocycles. The third-order valence-corrected chi connectivity index (χ3v) is 10.7. The Labute approximate surface area is 291 Å². The molecule has 0 N–H and O–H groups in total. The summed E-state index contributed by atoms with van der Waals surface area (Å²) in [4.78, 5) is 29.9. The number of rotatable bonds is 10. The summed E-state index contributed by atoms with van der Waals surface area (Å²) in [5.41, 5.74) is 3.19. The summed E-state index contributed by atoms with van der Waals surface area (Å²) >= 11 is 11.9. The molecule has 1 fully saturated rings. The van der Waals surface area contributed by atoms with Gasteiger partial charge in [0.2, 0.25) is 20.0 Å². The fourth-order valence-corrected chi connectivity index (χ4v) is 7.36. The first kappa shape index (κ1) is 35.2. The average Bonchev–Trinajstić information content (AvgIpc) is 3.06. The van der Waals surface area contributed by atoms with E-state index in [0.717, 1.165) is 23.6 Å². The van der Waals surface area contributed by atoms with Gasteiger partial charge in [0.1, 0.15) is 0 Å². The minimum Gasteiger partial charge on any atom is -0.335 e. The van der Waals surface area contributed by atoms with Crippen molar-refractivity contribution in [3.63, 3.8) is 0 Å². The number of piperazine rings is 1. The number of halogens is 2. The van der Waals surface area contributed by atoms with Crippen molar-refractivity contribution in [2.45, 2.75) is 13.1 Å². The minimum atomic E-state index is -3.61. The van der Waals surface area contributed by atoms with Crippen LogP contribution in [0.3, 0.4) is 0 Å². The molecular formula is C34H34Cl2N4O6S2. The van der Waals surface area contributed by atoms with Crippen LogP contribution in [0.25, 0.3) is 0 Å². The van der Waals surface area contributed by atoms with Gasteiger partial charge < -0.3 is 9.80 Å². The van der Waals surface area contributed by atoms with Crippen LogP contribution in [0.4, 0.5) is 11.4 Å². The molecule has 4 aromatic rings. The third kappa shape index (κ3) is 8.67. The number of benzene rings is 4. The van der Waals surface area contributed by atoms with Crippen LogP contribution in [0, 0.1) is 0 Å². The Morgan fingerprint density at radius 2 is 0.833 bits per heavy atom. The molecule has 0 radical (unpaired) electrons. The smallest absolute Gasteiger partial charge is 0.253 e. The lowest BCUT2D eigenvalue weighted by atomic mass is 10.1. The van der Waals surface area contributed by atoms with Gasteiger partial charge in [-0.15, -0.1) is 0 Å². The summed E-state index contributed by atoms with van der Waals surface area (Å²) in [7, 11) is -7.22. The van der Waals surface area contributed by atoms with E-state index in [1.165, 1.54) is 8.61 Å². The molecule has 2 amide bonds. The van der Waals surface area contributed by atoms with Crippen molar-refractivity contribution in [3.8, 4) is 0 Å². The third-order valence-electron chi connectivity index (χ3n) is 7.94. The van der Waals surface area contributed by atoms with Gasteiger partial charge in [-0.3, -0.25) is 18.2 Å². The maximum atomic E-state index is 13.3. The zero-order chi connectivity index (χ0) is 34.6. The van der Waals surface area contributed by atoms with Gasteiger partial charge in [0, 0.05) is 47.4 Å². The summed E-state index contributed by atoms with van der Waals surface area (Å²) < 4.78 is 52.9. The van der Waals surface area contributed by atoms with Crippen molar-refractivity contribution >= 4 is 66.4 Å². The molecule has 252 valence electrons. The van der Waals surface area contributed by atoms with Gasteiger partial charge in [-0.2, -0.15) is 0 Å². The molecule has 0 aliphatic carbocycles. The average molecular weight is 730 g/mol. The lowest BCUT2D eigenvalue weighted by Crippen LogP contribution is -2.50. The summed E-state index contributed by atoms with van der Waals surface area (Å²) in [6.07, 6.45) is 2.26. The van der Waals surface area contributed by atoms with Crippen LogP contribution in [0.2, 0.25) is 10.0 Å². The van der Waals surface area contributed by atoms with E-state index in [2.05, 4.69) is 0 Å². The molecule has 0 saturated carbocycles. The van der Waals surface area contributed by atoms with Crippen LogP contribution >= 0.6 is 23.2 Å². The summed E-state index contributed by atoms with van der Waals surface area (Å²) in [5, 5.41) is 1.10. The monoisotopic (exact) mass is 728 g/mol. The van der Waals surface area contributed by atoms with E-state index in [4.69, 9.17) is 23.2 Å². The molecule has 1 aliphatic heterocycles. The fourth-order valence-electron chi connectivity index (χ4n) is 5.33. The van der Waals surface area contributed by atoms with E-state index in [1.54, 1.807) is 107 Å². The van der Waals surface area contributed by atoms with Gasteiger partial charge in [0.05, 0.1) is 37.0 Å². The van der Waals surface area contributed by atoms with E-state index in [1.807, 2.05) is 0 Å². The Morgan fingerprint density at radius 3 is 1.10 bits per heavy atom. The Bertz CT molecular complexity index is 1840. The number of carbonyl (C=O) groups excluding carboxylic acids is 2. The number of carbonyl (C=O) groups is 2. The number of hydrogen-bond donors (Lipinski definition) is 0. The lowest BCUT2D eigenvalue weighted by Gasteiger charge is -2.35. The second kappa shape index (κ2) is 14.6. The minimum absolute atomic E-state index is 0.112. The van der Waals surface area contributed by atoms with Crippen molar-refractivity contribution < 1.29 is 26.4 Å². The van der Waals surface area contributed by atoms with Crippen LogP contribution in [0.1, 0.15) is 31.8 Å². The topological polar surface area (TPSA) is 115 Å². The molecule has 1 saturated heterocycles. The number of amides is 2. The second-order valence-electron chi connectivity index (χ2n) is 11.5. The molecule has 4 aromatic carbocycles. The van der Waals surface area contributed by atoms with Crippen molar-refractivity contribution in [1.82, 2.24) is 9.80 Å². The van der Waals surface area contributed by atoms with E-state index in [9.17, 15) is 26.4 Å². The first-order valence-electron chi connectivity index (χ1n) is 14.9. The molecule has 5 rings (SSSR count). The highest BCUT2D eigenvalue weighted by molar-refractivity contribution is 7.92. The SMILES string of the molecule is CS(=O)(=O)N(Cc1ccc(Cl)cc1)c1ccc(C(=O)N2CCN(C(=O)c3ccc(N(Cc4ccc(Cl)cc4)S(C)(=O)=O)cc3)CC2)cc1. The molecule has 0 atom stereocenters. The van der Waals surface area contributed by atoms with Crippen molar-refractivity contribution in [2.75, 3.05) is 47.3 Å². The molecule has 0 spiro atoms. The Kier molecular flexibility index (Phi) is 10.7. The maximum Gasteiger partial charge on any atom is 0.253 e. The van der Waals surface area contributed by atoms with E-state index in [0.29, 0.717) is 58.7 Å². The van der Waals surface area contributed by atoms with Gasteiger partial charge in [-0.25, -0.2) is 16.8 Å². The van der Waals surface area contributed by atoms with Gasteiger partial charge in [-0.1, -0.05) is 47.5 Å². The van der Waals surface area contributed by atoms with Crippen molar-refractivity contribution in [2.24, 2.45) is 0 Å². The highest BCUT2D eigenvalue weighted by Gasteiger charge is 2.27. The number of sulfonamides is 2. The molecule has 0 unspecified atom stereocenters. The van der Waals surface area contributed by atoms with Crippen LogP contribution < -0.4 is 8.61 Å². The zero-order valence-corrected chi connectivity index (χ0v) is 29.4. The summed E-state index contributed by atoms with van der Waals surface area (Å²) in [5.74, 6) is -0.439. The normalized spacial score (nSPS) is 13.7. The van der Waals surface area contributed by atoms with Crippen molar-refractivity contribution in [3.05, 3.63) is 129 Å². The van der Waals surface area contributed by atoms with Crippen LogP contribution in [0.15, 0.2) is 97.1 Å². The Morgan fingerprint density at radius 1 is 0.542 bits per heavy atom. The fraction of sp³-hybridized carbons (Fsp3) is 0.235. The van der Waals surface area contributed by atoms with Gasteiger partial charge in [0.25, 0.3) is 11.8 Å². The molecule has 14 heteroatoms. The van der Waals surface area contributed by atoms with Crippen molar-refractivity contribution in [1.29, 1.82) is 0 Å². The molecule has 0 aromatic heterocycles. The van der Waals surface area contributed by atoms with E-state index in [-0.39, 0.29) is 24.9 Å².